The molecule has 1 aromatic rings. The quantitative estimate of drug-likeness (QED) is 0.353. The van der Waals surface area contributed by atoms with Gasteiger partial charge in [-0.2, -0.15) is 0 Å². The van der Waals surface area contributed by atoms with Crippen molar-refractivity contribution >= 4 is 29.9 Å². The molecule has 1 N–H and O–H groups in total. The van der Waals surface area contributed by atoms with Crippen LogP contribution in [0.4, 0.5) is 0 Å². The largest absolute Gasteiger partial charge is 0.379 e. The Balaban J connectivity index is 0.00000272. The summed E-state index contributed by atoms with van der Waals surface area (Å²) in [6.45, 7) is 12.7. The summed E-state index contributed by atoms with van der Waals surface area (Å²) in [6.07, 6.45) is 3.91. The number of benzene rings is 1. The molecule has 1 aromatic carbocycles. The van der Waals surface area contributed by atoms with Crippen LogP contribution in [0, 0.1) is 5.92 Å². The fourth-order valence-electron chi connectivity index (χ4n) is 5.24. The maximum atomic E-state index is 5.52. The lowest BCUT2D eigenvalue weighted by Gasteiger charge is -2.32. The minimum Gasteiger partial charge on any atom is -0.379 e. The number of guanidine groups is 1. The van der Waals surface area contributed by atoms with E-state index in [-0.39, 0.29) is 24.0 Å². The van der Waals surface area contributed by atoms with Crippen molar-refractivity contribution in [2.45, 2.75) is 45.3 Å². The predicted octanol–water partition coefficient (Wildman–Crippen LogP) is 3.02. The van der Waals surface area contributed by atoms with Gasteiger partial charge in [0.15, 0.2) is 5.96 Å². The number of rotatable bonds is 5. The van der Waals surface area contributed by atoms with Gasteiger partial charge in [-0.25, -0.2) is 0 Å². The Hall–Kier alpha value is -0.900. The summed E-state index contributed by atoms with van der Waals surface area (Å²) in [6, 6.07) is 9.52. The van der Waals surface area contributed by atoms with E-state index in [0.29, 0.717) is 6.04 Å². The molecule has 3 heterocycles. The van der Waals surface area contributed by atoms with Crippen molar-refractivity contribution in [3.05, 3.63) is 35.4 Å². The molecule has 0 radical (unpaired) electrons. The Morgan fingerprint density at radius 1 is 1.06 bits per heavy atom. The lowest BCUT2D eigenvalue weighted by Crippen LogP contribution is -2.46. The highest BCUT2D eigenvalue weighted by atomic mass is 127. The minimum atomic E-state index is 0. The van der Waals surface area contributed by atoms with Gasteiger partial charge in [0.25, 0.3) is 0 Å². The number of aliphatic imine (C=N–C) groups is 1. The average Bonchev–Trinajstić information content (AvgIpc) is 3.26. The third kappa shape index (κ3) is 6.79. The molecule has 2 unspecified atom stereocenters. The zero-order chi connectivity index (χ0) is 20.8. The summed E-state index contributed by atoms with van der Waals surface area (Å²) < 4.78 is 5.52. The first-order valence-electron chi connectivity index (χ1n) is 11.8. The van der Waals surface area contributed by atoms with Crippen molar-refractivity contribution in [3.63, 3.8) is 0 Å². The molecule has 174 valence electrons. The standard InChI is InChI=1S/C24H39N5O.HI/c1-20-6-5-10-27(17-20)18-22-8-4-3-7-21(22)16-26-24(25-2)29-11-9-23(19-29)28-12-14-30-15-13-28;/h3-4,7-8,20,23H,5-6,9-19H2,1-2H3,(H,25,26);1H. The Labute approximate surface area is 205 Å². The highest BCUT2D eigenvalue weighted by molar-refractivity contribution is 14.0. The molecule has 0 amide bonds. The fourth-order valence-corrected chi connectivity index (χ4v) is 5.24. The van der Waals surface area contributed by atoms with E-state index in [1.165, 1.54) is 43.5 Å². The van der Waals surface area contributed by atoms with E-state index in [0.717, 1.165) is 64.4 Å². The third-order valence-corrected chi connectivity index (χ3v) is 6.93. The highest BCUT2D eigenvalue weighted by Crippen LogP contribution is 2.20. The number of ether oxygens (including phenoxy) is 1. The van der Waals surface area contributed by atoms with E-state index in [9.17, 15) is 0 Å². The van der Waals surface area contributed by atoms with E-state index < -0.39 is 0 Å². The van der Waals surface area contributed by atoms with E-state index in [4.69, 9.17) is 4.74 Å². The summed E-state index contributed by atoms with van der Waals surface area (Å²) in [5, 5.41) is 3.65. The lowest BCUT2D eigenvalue weighted by molar-refractivity contribution is 0.0195. The molecule has 0 bridgehead atoms. The first-order valence-corrected chi connectivity index (χ1v) is 11.8. The first-order chi connectivity index (χ1) is 14.7. The number of likely N-dealkylation sites (tertiary alicyclic amines) is 2. The highest BCUT2D eigenvalue weighted by Gasteiger charge is 2.30. The van der Waals surface area contributed by atoms with Crippen LogP contribution in [0.5, 0.6) is 0 Å². The monoisotopic (exact) mass is 541 g/mol. The summed E-state index contributed by atoms with van der Waals surface area (Å²) >= 11 is 0. The Bertz CT molecular complexity index is 709. The maximum absolute atomic E-state index is 5.52. The summed E-state index contributed by atoms with van der Waals surface area (Å²) in [5.74, 6) is 1.85. The summed E-state index contributed by atoms with van der Waals surface area (Å²) in [7, 11) is 1.91. The molecule has 3 saturated heterocycles. The van der Waals surface area contributed by atoms with Gasteiger partial charge >= 0.3 is 0 Å². The smallest absolute Gasteiger partial charge is 0.193 e. The summed E-state index contributed by atoms with van der Waals surface area (Å²) in [4.78, 5) is 12.2. The molecule has 0 aromatic heterocycles. The van der Waals surface area contributed by atoms with Crippen LogP contribution in [-0.4, -0.2) is 86.2 Å². The van der Waals surface area contributed by atoms with Crippen LogP contribution in [0.25, 0.3) is 0 Å². The Morgan fingerprint density at radius 3 is 2.58 bits per heavy atom. The van der Waals surface area contributed by atoms with Gasteiger partial charge in [0, 0.05) is 58.9 Å². The van der Waals surface area contributed by atoms with Gasteiger partial charge in [-0.15, -0.1) is 24.0 Å². The number of halogens is 1. The maximum Gasteiger partial charge on any atom is 0.193 e. The predicted molar refractivity (Wildman–Crippen MR) is 138 cm³/mol. The topological polar surface area (TPSA) is 43.3 Å². The van der Waals surface area contributed by atoms with E-state index in [2.05, 4.69) is 56.2 Å². The van der Waals surface area contributed by atoms with Crippen molar-refractivity contribution in [2.75, 3.05) is 59.5 Å². The number of piperidine rings is 1. The van der Waals surface area contributed by atoms with E-state index in [1.54, 1.807) is 0 Å². The van der Waals surface area contributed by atoms with Crippen LogP contribution in [0.15, 0.2) is 29.3 Å². The fraction of sp³-hybridized carbons (Fsp3) is 0.708. The zero-order valence-electron chi connectivity index (χ0n) is 19.3. The normalized spacial score (nSPS) is 26.0. The number of hydrogen-bond acceptors (Lipinski definition) is 4. The SMILES string of the molecule is CN=C(NCc1ccccc1CN1CCCC(C)C1)N1CCC(N2CCOCC2)C1.I. The average molecular weight is 542 g/mol. The van der Waals surface area contributed by atoms with Crippen LogP contribution in [0.3, 0.4) is 0 Å². The minimum absolute atomic E-state index is 0. The second-order valence-electron chi connectivity index (χ2n) is 9.19. The van der Waals surface area contributed by atoms with Gasteiger partial charge in [0.2, 0.25) is 0 Å². The lowest BCUT2D eigenvalue weighted by atomic mass is 9.99. The van der Waals surface area contributed by atoms with Gasteiger partial charge in [0.1, 0.15) is 0 Å². The van der Waals surface area contributed by atoms with Gasteiger partial charge in [-0.1, -0.05) is 31.2 Å². The van der Waals surface area contributed by atoms with Crippen LogP contribution >= 0.6 is 24.0 Å². The van der Waals surface area contributed by atoms with Crippen molar-refractivity contribution in [2.24, 2.45) is 10.9 Å². The molecule has 0 spiro atoms. The second kappa shape index (κ2) is 12.4. The second-order valence-corrected chi connectivity index (χ2v) is 9.19. The van der Waals surface area contributed by atoms with Gasteiger partial charge in [-0.3, -0.25) is 14.8 Å². The Morgan fingerprint density at radius 2 is 1.84 bits per heavy atom. The molecular formula is C24H40IN5O. The third-order valence-electron chi connectivity index (χ3n) is 6.93. The van der Waals surface area contributed by atoms with Crippen LogP contribution in [0.2, 0.25) is 0 Å². The van der Waals surface area contributed by atoms with E-state index >= 15 is 0 Å². The van der Waals surface area contributed by atoms with Crippen LogP contribution < -0.4 is 5.32 Å². The molecule has 2 atom stereocenters. The summed E-state index contributed by atoms with van der Waals surface area (Å²) in [5.41, 5.74) is 2.84. The van der Waals surface area contributed by atoms with Gasteiger partial charge < -0.3 is 15.0 Å². The Kier molecular flexibility index (Phi) is 9.87. The zero-order valence-corrected chi connectivity index (χ0v) is 21.6. The molecule has 4 rings (SSSR count). The van der Waals surface area contributed by atoms with Crippen LogP contribution in [0.1, 0.15) is 37.3 Å². The number of morpholine rings is 1. The van der Waals surface area contributed by atoms with Crippen molar-refractivity contribution in [1.29, 1.82) is 0 Å². The van der Waals surface area contributed by atoms with Gasteiger partial charge in [0.05, 0.1) is 13.2 Å². The molecule has 3 aliphatic rings. The molecule has 3 fully saturated rings. The van der Waals surface area contributed by atoms with Crippen LogP contribution in [-0.2, 0) is 17.8 Å². The van der Waals surface area contributed by atoms with Crippen molar-refractivity contribution in [3.8, 4) is 0 Å². The molecular weight excluding hydrogens is 501 g/mol. The van der Waals surface area contributed by atoms with Gasteiger partial charge in [-0.05, 0) is 42.9 Å². The first kappa shape index (κ1) is 24.7. The molecule has 31 heavy (non-hydrogen) atoms. The molecule has 0 aliphatic carbocycles. The number of nitrogens with one attached hydrogen (secondary N) is 1. The van der Waals surface area contributed by atoms with Crippen molar-refractivity contribution in [1.82, 2.24) is 20.0 Å². The molecule has 3 aliphatic heterocycles. The number of hydrogen-bond donors (Lipinski definition) is 1. The molecule has 0 saturated carbocycles. The van der Waals surface area contributed by atoms with Crippen molar-refractivity contribution < 1.29 is 4.74 Å². The number of nitrogens with zero attached hydrogens (tertiary/aromatic N) is 4. The van der Waals surface area contributed by atoms with E-state index in [1.807, 2.05) is 7.05 Å². The molecule has 7 heteroatoms. The molecule has 6 nitrogen and oxygen atoms in total.